The molecule has 8 nitrogen and oxygen atoms in total. The number of amides is 2. The molecule has 2 amide bonds. The van der Waals surface area contributed by atoms with Gasteiger partial charge in [0.05, 0.1) is 11.5 Å². The zero-order valence-corrected chi connectivity index (χ0v) is 16.8. The number of hydrogen-bond donors (Lipinski definition) is 2. The van der Waals surface area contributed by atoms with Gasteiger partial charge >= 0.3 is 5.97 Å². The molecule has 1 aromatic heterocycles. The van der Waals surface area contributed by atoms with Gasteiger partial charge in [-0.1, -0.05) is 31.8 Å². The highest BCUT2D eigenvalue weighted by molar-refractivity contribution is 8.00. The van der Waals surface area contributed by atoms with Crippen molar-refractivity contribution in [2.75, 3.05) is 23.4 Å². The number of aryl methyl sites for hydroxylation is 1. The van der Waals surface area contributed by atoms with Gasteiger partial charge in [-0.25, -0.2) is 0 Å². The average molecular weight is 397 g/mol. The minimum atomic E-state index is -0.523. The number of nitrogens with one attached hydrogen (secondary N) is 2. The summed E-state index contributed by atoms with van der Waals surface area (Å²) in [5, 5.41) is 9.17. The van der Waals surface area contributed by atoms with E-state index in [4.69, 9.17) is 9.26 Å². The van der Waals surface area contributed by atoms with Gasteiger partial charge in [0.25, 0.3) is 5.91 Å². The molecular formula is C18H27N3O5S. The van der Waals surface area contributed by atoms with Gasteiger partial charge in [-0.05, 0) is 25.2 Å². The molecule has 1 saturated carbocycles. The highest BCUT2D eigenvalue weighted by atomic mass is 32.2. The molecular weight excluding hydrogens is 370 g/mol. The maximum atomic E-state index is 12.0. The van der Waals surface area contributed by atoms with Gasteiger partial charge in [-0.2, -0.15) is 0 Å². The molecule has 9 heteroatoms. The Morgan fingerprint density at radius 3 is 2.74 bits per heavy atom. The van der Waals surface area contributed by atoms with E-state index in [2.05, 4.69) is 29.6 Å². The molecule has 1 aliphatic rings. The monoisotopic (exact) mass is 397 g/mol. The van der Waals surface area contributed by atoms with Crippen molar-refractivity contribution in [2.45, 2.75) is 46.1 Å². The third-order valence-electron chi connectivity index (χ3n) is 4.77. The molecule has 0 unspecified atom stereocenters. The Balaban J connectivity index is 1.58. The molecule has 0 spiro atoms. The van der Waals surface area contributed by atoms with Crippen LogP contribution in [-0.2, 0) is 19.1 Å². The highest BCUT2D eigenvalue weighted by Crippen LogP contribution is 2.29. The second-order valence-corrected chi connectivity index (χ2v) is 7.95. The fraction of sp³-hybridized carbons (Fsp3) is 0.667. The van der Waals surface area contributed by atoms with Crippen molar-refractivity contribution in [1.29, 1.82) is 0 Å². The Morgan fingerprint density at radius 1 is 1.26 bits per heavy atom. The number of thioether (sulfide) groups is 1. The minimum Gasteiger partial charge on any atom is -0.455 e. The Hall–Kier alpha value is -2.03. The first-order chi connectivity index (χ1) is 12.8. The van der Waals surface area contributed by atoms with Crippen molar-refractivity contribution in [3.8, 4) is 0 Å². The number of carbonyl (C=O) groups is 3. The van der Waals surface area contributed by atoms with Crippen LogP contribution in [0.5, 0.6) is 0 Å². The highest BCUT2D eigenvalue weighted by Gasteiger charge is 2.28. The van der Waals surface area contributed by atoms with Crippen molar-refractivity contribution in [1.82, 2.24) is 10.5 Å². The molecule has 1 heterocycles. The summed E-state index contributed by atoms with van der Waals surface area (Å²) in [5.41, 5.74) is 0. The number of ether oxygens (including phenoxy) is 1. The zero-order valence-electron chi connectivity index (χ0n) is 15.9. The lowest BCUT2D eigenvalue weighted by molar-refractivity contribution is -0.146. The third-order valence-corrected chi connectivity index (χ3v) is 5.67. The lowest BCUT2D eigenvalue weighted by Crippen LogP contribution is -2.45. The number of rotatable bonds is 8. The second-order valence-electron chi connectivity index (χ2n) is 6.97. The number of hydrogen-bond acceptors (Lipinski definition) is 7. The van der Waals surface area contributed by atoms with Crippen molar-refractivity contribution in [3.05, 3.63) is 11.8 Å². The van der Waals surface area contributed by atoms with Gasteiger partial charge in [-0.15, -0.1) is 11.8 Å². The lowest BCUT2D eigenvalue weighted by atomic mass is 9.78. The Bertz CT molecular complexity index is 663. The summed E-state index contributed by atoms with van der Waals surface area (Å²) in [4.78, 5) is 35.4. The van der Waals surface area contributed by atoms with Crippen LogP contribution in [0.2, 0.25) is 0 Å². The fourth-order valence-corrected chi connectivity index (χ4v) is 3.66. The molecule has 1 aliphatic carbocycles. The van der Waals surface area contributed by atoms with Crippen molar-refractivity contribution < 1.29 is 23.6 Å². The number of esters is 1. The van der Waals surface area contributed by atoms with E-state index < -0.39 is 5.97 Å². The average Bonchev–Trinajstić information content (AvgIpc) is 3.02. The van der Waals surface area contributed by atoms with Crippen LogP contribution in [0.4, 0.5) is 5.82 Å². The van der Waals surface area contributed by atoms with E-state index in [9.17, 15) is 14.4 Å². The van der Waals surface area contributed by atoms with Gasteiger partial charge in [-0.3, -0.25) is 14.4 Å². The van der Waals surface area contributed by atoms with Gasteiger partial charge in [0.1, 0.15) is 5.76 Å². The Kier molecular flexibility index (Phi) is 8.15. The molecule has 0 bridgehead atoms. The summed E-state index contributed by atoms with van der Waals surface area (Å²) in [6.07, 6.45) is 3.24. The van der Waals surface area contributed by atoms with E-state index in [1.165, 1.54) is 6.42 Å². The van der Waals surface area contributed by atoms with Gasteiger partial charge < -0.3 is 19.9 Å². The van der Waals surface area contributed by atoms with Crippen LogP contribution in [0, 0.1) is 18.8 Å². The van der Waals surface area contributed by atoms with Crippen LogP contribution in [0.15, 0.2) is 10.6 Å². The standard InChI is InChI=1S/C18H27N3O5S/c1-11-5-4-6-14(13(11)3)19-16(22)8-25-18(24)10-27-9-17(23)20-15-7-12(2)26-21-15/h7,11,13-14H,4-6,8-10H2,1-3H3,(H,19,22)(H,20,21,23)/t11-,13-,14+/m0/s1. The van der Waals surface area contributed by atoms with Gasteiger partial charge in [0, 0.05) is 12.1 Å². The largest absolute Gasteiger partial charge is 0.455 e. The fourth-order valence-electron chi connectivity index (χ4n) is 3.05. The van der Waals surface area contributed by atoms with Gasteiger partial charge in [0.2, 0.25) is 5.91 Å². The van der Waals surface area contributed by atoms with E-state index in [1.807, 2.05) is 0 Å². The van der Waals surface area contributed by atoms with Crippen LogP contribution in [0.25, 0.3) is 0 Å². The molecule has 27 heavy (non-hydrogen) atoms. The summed E-state index contributed by atoms with van der Waals surface area (Å²) < 4.78 is 9.83. The molecule has 0 saturated heterocycles. The lowest BCUT2D eigenvalue weighted by Gasteiger charge is -2.34. The summed E-state index contributed by atoms with van der Waals surface area (Å²) >= 11 is 1.11. The summed E-state index contributed by atoms with van der Waals surface area (Å²) in [7, 11) is 0. The number of anilines is 1. The molecule has 3 atom stereocenters. The number of carbonyl (C=O) groups excluding carboxylic acids is 3. The van der Waals surface area contributed by atoms with E-state index in [0.717, 1.165) is 24.6 Å². The molecule has 0 aliphatic heterocycles. The zero-order chi connectivity index (χ0) is 19.8. The van der Waals surface area contributed by atoms with Crippen molar-refractivity contribution in [3.63, 3.8) is 0 Å². The second kappa shape index (κ2) is 10.3. The predicted octanol–water partition coefficient (Wildman–Crippen LogP) is 2.14. The summed E-state index contributed by atoms with van der Waals surface area (Å²) in [6.45, 7) is 5.77. The molecule has 0 radical (unpaired) electrons. The minimum absolute atomic E-state index is 0.00455. The third kappa shape index (κ3) is 7.24. The van der Waals surface area contributed by atoms with E-state index in [1.54, 1.807) is 13.0 Å². The van der Waals surface area contributed by atoms with E-state index in [-0.39, 0.29) is 36.0 Å². The topological polar surface area (TPSA) is 111 Å². The quantitative estimate of drug-likeness (QED) is 0.647. The SMILES string of the molecule is Cc1cc(NC(=O)CSCC(=O)OCC(=O)N[C@@H]2CCC[C@H](C)[C@@H]2C)no1. The van der Waals surface area contributed by atoms with Crippen LogP contribution in [-0.4, -0.2) is 47.1 Å². The Morgan fingerprint density at radius 2 is 2.04 bits per heavy atom. The number of aromatic nitrogens is 1. The molecule has 2 N–H and O–H groups in total. The summed E-state index contributed by atoms with van der Waals surface area (Å²) in [6, 6.07) is 1.74. The first-order valence-electron chi connectivity index (χ1n) is 9.11. The number of nitrogens with zero attached hydrogens (tertiary/aromatic N) is 1. The smallest absolute Gasteiger partial charge is 0.316 e. The van der Waals surface area contributed by atoms with Crippen LogP contribution >= 0.6 is 11.8 Å². The molecule has 0 aromatic carbocycles. The Labute approximate surface area is 163 Å². The van der Waals surface area contributed by atoms with Crippen LogP contribution < -0.4 is 10.6 Å². The van der Waals surface area contributed by atoms with Crippen LogP contribution in [0.3, 0.4) is 0 Å². The maximum Gasteiger partial charge on any atom is 0.316 e. The molecule has 2 rings (SSSR count). The van der Waals surface area contributed by atoms with Crippen LogP contribution in [0.1, 0.15) is 38.9 Å². The predicted molar refractivity (Wildman–Crippen MR) is 102 cm³/mol. The normalized spacial score (nSPS) is 22.1. The van der Waals surface area contributed by atoms with Crippen molar-refractivity contribution in [2.24, 2.45) is 11.8 Å². The first-order valence-corrected chi connectivity index (χ1v) is 10.3. The van der Waals surface area contributed by atoms with Gasteiger partial charge in [0.15, 0.2) is 12.4 Å². The van der Waals surface area contributed by atoms with E-state index in [0.29, 0.717) is 23.4 Å². The molecule has 150 valence electrons. The van der Waals surface area contributed by atoms with E-state index >= 15 is 0 Å². The molecule has 1 fully saturated rings. The molecule has 1 aromatic rings. The maximum absolute atomic E-state index is 12.0. The first kappa shape index (κ1) is 21.3. The van der Waals surface area contributed by atoms with Crippen molar-refractivity contribution >= 4 is 35.4 Å². The summed E-state index contributed by atoms with van der Waals surface area (Å²) in [5.74, 6) is 0.903.